The third kappa shape index (κ3) is 8.03. The van der Waals surface area contributed by atoms with E-state index in [0.717, 1.165) is 36.3 Å². The number of amides is 1. The molecule has 1 aliphatic heterocycles. The Morgan fingerprint density at radius 3 is 1.80 bits per heavy atom. The van der Waals surface area contributed by atoms with Gasteiger partial charge in [-0.2, -0.15) is 0 Å². The van der Waals surface area contributed by atoms with Crippen molar-refractivity contribution in [3.8, 4) is 0 Å². The van der Waals surface area contributed by atoms with Crippen molar-refractivity contribution in [1.82, 2.24) is 5.32 Å². The molecule has 10 nitrogen and oxygen atoms in total. The van der Waals surface area contributed by atoms with Gasteiger partial charge >= 0.3 is 5.97 Å². The minimum Gasteiger partial charge on any atom is -0.464 e. The lowest BCUT2D eigenvalue weighted by Crippen LogP contribution is -2.70. The van der Waals surface area contributed by atoms with Gasteiger partial charge < -0.3 is 23.6 Å². The summed E-state index contributed by atoms with van der Waals surface area (Å²) in [5, 5.41) is 6.70. The lowest BCUT2D eigenvalue weighted by Gasteiger charge is -2.51. The number of hydrogen-bond donors (Lipinski definition) is 1. The summed E-state index contributed by atoms with van der Waals surface area (Å²) < 4.78 is 25.5. The van der Waals surface area contributed by atoms with Gasteiger partial charge in [0, 0.05) is 11.8 Å². The molecule has 5 atom stereocenters. The maximum Gasteiger partial charge on any atom is 0.337 e. The summed E-state index contributed by atoms with van der Waals surface area (Å²) in [5.74, 6) is -0.874. The van der Waals surface area contributed by atoms with Crippen LogP contribution in [0.4, 0.5) is 0 Å². The molecule has 1 N–H and O–H groups in total. The summed E-state index contributed by atoms with van der Waals surface area (Å²) in [6.07, 6.45) is -3.03. The van der Waals surface area contributed by atoms with Crippen molar-refractivity contribution in [1.29, 1.82) is 0 Å². The lowest BCUT2D eigenvalue weighted by atomic mass is 9.92. The Balaban J connectivity index is 3.73. The zero-order valence-electron chi connectivity index (χ0n) is 22.8. The van der Waals surface area contributed by atoms with E-state index in [1.807, 2.05) is 0 Å². The van der Waals surface area contributed by atoms with Gasteiger partial charge in [-0.15, -0.1) is 0 Å². The van der Waals surface area contributed by atoms with Crippen molar-refractivity contribution in [3.63, 3.8) is 0 Å². The molecule has 3 unspecified atom stereocenters. The molecule has 1 saturated heterocycles. The predicted molar refractivity (Wildman–Crippen MR) is 141 cm³/mol. The Morgan fingerprint density at radius 1 is 0.914 bits per heavy atom. The molecule has 1 rings (SSSR count). The van der Waals surface area contributed by atoms with Crippen LogP contribution in [-0.4, -0.2) is 72.1 Å². The molecule has 1 fully saturated rings. The second kappa shape index (κ2) is 15.0. The van der Waals surface area contributed by atoms with E-state index < -0.39 is 53.1 Å². The molecule has 0 aliphatic carbocycles. The molecular weight excluding hydrogens is 484 g/mol. The molecule has 35 heavy (non-hydrogen) atoms. The van der Waals surface area contributed by atoms with Gasteiger partial charge in [-0.25, -0.2) is 4.79 Å². The average Bonchev–Trinajstić information content (AvgIpc) is 2.86. The van der Waals surface area contributed by atoms with Gasteiger partial charge in [-0.1, -0.05) is 46.7 Å². The SMILES string of the molecule is CCOC(=O)C1OC(CN=[N+]=[N-])[C@@H](O[Si](CC)(CC)CC)[C@H](O[Si](CC)(CC)CC)C1NC(C)=O. The minimum absolute atomic E-state index is 0.00965. The Morgan fingerprint density at radius 2 is 1.40 bits per heavy atom. The molecule has 12 heteroatoms. The Bertz CT molecular complexity index is 712. The fraction of sp³-hybridized carbons (Fsp3) is 0.913. The summed E-state index contributed by atoms with van der Waals surface area (Å²) in [5.41, 5.74) is 9.05. The molecule has 0 aromatic heterocycles. The molecule has 0 aromatic rings. The zero-order chi connectivity index (χ0) is 26.6. The molecule has 0 bridgehead atoms. The Hall–Kier alpha value is -1.44. The standard InChI is InChI=1S/C23H46N4O6Si2/c1-9-30-23(29)22-19(26-17(8)28)21(33-35(13-5,14-6)15-7)20(18(31-22)16-25-27-24)32-34(10-2,11-3)12-4/h18-22H,9-16H2,1-8H3,(H,26,28)/t18?,19?,20-,21-,22?/m1/s1. The molecule has 0 spiro atoms. The van der Waals surface area contributed by atoms with Crippen LogP contribution in [0.15, 0.2) is 5.11 Å². The number of rotatable bonds is 15. The Labute approximate surface area is 212 Å². The minimum atomic E-state index is -2.22. The number of carbonyl (C=O) groups excluding carboxylic acids is 2. The van der Waals surface area contributed by atoms with Crippen LogP contribution in [0.1, 0.15) is 55.4 Å². The van der Waals surface area contributed by atoms with Crippen LogP contribution >= 0.6 is 0 Å². The number of azide groups is 1. The summed E-state index contributed by atoms with van der Waals surface area (Å²) in [6, 6.07) is 4.59. The predicted octanol–water partition coefficient (Wildman–Crippen LogP) is 4.91. The van der Waals surface area contributed by atoms with E-state index in [1.54, 1.807) is 6.92 Å². The number of carbonyl (C=O) groups is 2. The van der Waals surface area contributed by atoms with Gasteiger partial charge in [0.1, 0.15) is 0 Å². The van der Waals surface area contributed by atoms with E-state index in [4.69, 9.17) is 23.9 Å². The van der Waals surface area contributed by atoms with Crippen molar-refractivity contribution >= 4 is 28.5 Å². The van der Waals surface area contributed by atoms with E-state index >= 15 is 0 Å². The third-order valence-corrected chi connectivity index (χ3v) is 16.8. The van der Waals surface area contributed by atoms with Crippen LogP contribution in [0.3, 0.4) is 0 Å². The molecule has 1 aliphatic rings. The molecule has 1 heterocycles. The lowest BCUT2D eigenvalue weighted by molar-refractivity contribution is -0.196. The number of nitrogens with zero attached hydrogens (tertiary/aromatic N) is 3. The van der Waals surface area contributed by atoms with Crippen molar-refractivity contribution in [2.75, 3.05) is 13.2 Å². The van der Waals surface area contributed by atoms with E-state index in [0.29, 0.717) is 0 Å². The second-order valence-corrected chi connectivity index (χ2v) is 18.6. The smallest absolute Gasteiger partial charge is 0.337 e. The number of nitrogens with one attached hydrogen (secondary N) is 1. The van der Waals surface area contributed by atoms with Crippen molar-refractivity contribution in [2.24, 2.45) is 5.11 Å². The second-order valence-electron chi connectivity index (χ2n) is 9.14. The zero-order valence-corrected chi connectivity index (χ0v) is 24.8. The summed E-state index contributed by atoms with van der Waals surface area (Å²) in [4.78, 5) is 28.2. The quantitative estimate of drug-likeness (QED) is 0.105. The van der Waals surface area contributed by atoms with E-state index in [-0.39, 0.29) is 19.1 Å². The van der Waals surface area contributed by atoms with Gasteiger partial charge in [-0.05, 0) is 48.7 Å². The Kier molecular flexibility index (Phi) is 13.5. The highest BCUT2D eigenvalue weighted by Crippen LogP contribution is 2.36. The maximum atomic E-state index is 13.0. The summed E-state index contributed by atoms with van der Waals surface area (Å²) in [7, 11) is -4.39. The fourth-order valence-corrected chi connectivity index (χ4v) is 10.6. The van der Waals surface area contributed by atoms with Crippen LogP contribution in [0.25, 0.3) is 10.4 Å². The first-order chi connectivity index (χ1) is 16.6. The van der Waals surface area contributed by atoms with Gasteiger partial charge in [0.15, 0.2) is 22.7 Å². The van der Waals surface area contributed by atoms with E-state index in [1.165, 1.54) is 6.92 Å². The van der Waals surface area contributed by atoms with Crippen LogP contribution in [0.5, 0.6) is 0 Å². The maximum absolute atomic E-state index is 13.0. The monoisotopic (exact) mass is 530 g/mol. The first-order valence-electron chi connectivity index (χ1n) is 13.1. The molecule has 0 aromatic carbocycles. The molecule has 1 amide bonds. The summed E-state index contributed by atoms with van der Waals surface area (Å²) in [6.45, 7) is 16.1. The number of hydrogen-bond acceptors (Lipinski definition) is 7. The molecule has 202 valence electrons. The van der Waals surface area contributed by atoms with Crippen LogP contribution in [0, 0.1) is 0 Å². The van der Waals surface area contributed by atoms with Gasteiger partial charge in [0.05, 0.1) is 37.5 Å². The highest BCUT2D eigenvalue weighted by atomic mass is 28.4. The van der Waals surface area contributed by atoms with Gasteiger partial charge in [0.25, 0.3) is 0 Å². The molecule has 0 radical (unpaired) electrons. The van der Waals surface area contributed by atoms with E-state index in [9.17, 15) is 9.59 Å². The molecular formula is C23H46N4O6Si2. The summed E-state index contributed by atoms with van der Waals surface area (Å²) >= 11 is 0. The van der Waals surface area contributed by atoms with Crippen molar-refractivity contribution < 1.29 is 27.9 Å². The van der Waals surface area contributed by atoms with Crippen LogP contribution in [0.2, 0.25) is 36.3 Å². The highest BCUT2D eigenvalue weighted by molar-refractivity contribution is 6.74. The first-order valence-corrected chi connectivity index (χ1v) is 18.2. The average molecular weight is 531 g/mol. The normalized spacial score (nSPS) is 25.0. The fourth-order valence-electron chi connectivity index (χ4n) is 4.88. The first kappa shape index (κ1) is 31.6. The third-order valence-electron chi connectivity index (χ3n) is 7.54. The van der Waals surface area contributed by atoms with E-state index in [2.05, 4.69) is 56.9 Å². The van der Waals surface area contributed by atoms with Gasteiger partial charge in [0.2, 0.25) is 5.91 Å². The largest absolute Gasteiger partial charge is 0.464 e. The number of esters is 1. The highest BCUT2D eigenvalue weighted by Gasteiger charge is 2.54. The van der Waals surface area contributed by atoms with Crippen molar-refractivity contribution in [3.05, 3.63) is 10.4 Å². The molecule has 0 saturated carbocycles. The van der Waals surface area contributed by atoms with Gasteiger partial charge in [-0.3, -0.25) is 4.79 Å². The van der Waals surface area contributed by atoms with Crippen molar-refractivity contribution in [2.45, 2.75) is 122 Å². The number of ether oxygens (including phenoxy) is 2. The van der Waals surface area contributed by atoms with Crippen LogP contribution < -0.4 is 5.32 Å². The van der Waals surface area contributed by atoms with Crippen LogP contribution in [-0.2, 0) is 27.9 Å². The topological polar surface area (TPSA) is 132 Å².